The van der Waals surface area contributed by atoms with E-state index in [1.807, 2.05) is 13.0 Å². The van der Waals surface area contributed by atoms with E-state index in [-0.39, 0.29) is 5.82 Å². The molecule has 0 bridgehead atoms. The number of fused-ring (bicyclic) bond motifs is 1. The summed E-state index contributed by atoms with van der Waals surface area (Å²) in [6.45, 7) is 1.89. The highest BCUT2D eigenvalue weighted by atomic mass is 35.5. The van der Waals surface area contributed by atoms with Crippen LogP contribution in [0.1, 0.15) is 5.69 Å². The second-order valence-electron chi connectivity index (χ2n) is 4.62. The average Bonchev–Trinajstić information content (AvgIpc) is 2.49. The molecule has 0 fully saturated rings. The first kappa shape index (κ1) is 13.8. The van der Waals surface area contributed by atoms with Crippen molar-refractivity contribution in [1.82, 2.24) is 9.97 Å². The molecule has 0 aliphatic heterocycles. The summed E-state index contributed by atoms with van der Waals surface area (Å²) in [6.07, 6.45) is 0. The Kier molecular flexibility index (Phi) is 3.47. The van der Waals surface area contributed by atoms with Crippen molar-refractivity contribution < 1.29 is 9.13 Å². The van der Waals surface area contributed by atoms with Crippen LogP contribution < -0.4 is 4.74 Å². The second kappa shape index (κ2) is 5.30. The molecular weight excluding hydrogens is 291 g/mol. The van der Waals surface area contributed by atoms with Gasteiger partial charge in [-0.2, -0.15) is 0 Å². The Bertz CT molecular complexity index is 819. The van der Waals surface area contributed by atoms with E-state index in [0.717, 1.165) is 16.6 Å². The van der Waals surface area contributed by atoms with Gasteiger partial charge in [-0.15, -0.1) is 0 Å². The summed E-state index contributed by atoms with van der Waals surface area (Å²) in [4.78, 5) is 8.96. The number of nitrogens with zero attached hydrogens (tertiary/aromatic N) is 2. The zero-order valence-electron chi connectivity index (χ0n) is 11.5. The van der Waals surface area contributed by atoms with Gasteiger partial charge in [0.1, 0.15) is 16.6 Å². The highest BCUT2D eigenvalue weighted by Gasteiger charge is 2.12. The standard InChI is InChI=1S/C16H12ClFN2O/c1-9-12-7-8-13(21-2)14(17)15(12)20-16(19-9)10-3-5-11(18)6-4-10/h3-8H,1-2H3. The lowest BCUT2D eigenvalue weighted by atomic mass is 10.1. The molecule has 1 heterocycles. The van der Waals surface area contributed by atoms with Crippen LogP contribution in [0.15, 0.2) is 36.4 Å². The number of rotatable bonds is 2. The predicted molar refractivity (Wildman–Crippen MR) is 81.2 cm³/mol. The summed E-state index contributed by atoms with van der Waals surface area (Å²) in [5, 5.41) is 1.32. The van der Waals surface area contributed by atoms with Crippen LogP contribution in [0.2, 0.25) is 5.02 Å². The van der Waals surface area contributed by atoms with E-state index in [4.69, 9.17) is 16.3 Å². The Hall–Kier alpha value is -2.20. The summed E-state index contributed by atoms with van der Waals surface area (Å²) < 4.78 is 18.2. The molecule has 0 aliphatic rings. The quantitative estimate of drug-likeness (QED) is 0.703. The molecule has 0 unspecified atom stereocenters. The molecule has 3 aromatic rings. The lowest BCUT2D eigenvalue weighted by Crippen LogP contribution is -1.96. The van der Waals surface area contributed by atoms with Crippen LogP contribution in [-0.4, -0.2) is 17.1 Å². The van der Waals surface area contributed by atoms with Crippen LogP contribution in [0, 0.1) is 12.7 Å². The third-order valence-electron chi connectivity index (χ3n) is 3.28. The molecule has 0 N–H and O–H groups in total. The summed E-state index contributed by atoms with van der Waals surface area (Å²) >= 11 is 6.32. The van der Waals surface area contributed by atoms with Crippen LogP contribution in [-0.2, 0) is 0 Å². The van der Waals surface area contributed by atoms with Gasteiger partial charge < -0.3 is 4.74 Å². The lowest BCUT2D eigenvalue weighted by Gasteiger charge is -2.09. The third kappa shape index (κ3) is 2.43. The molecule has 0 amide bonds. The minimum Gasteiger partial charge on any atom is -0.495 e. The molecule has 0 saturated heterocycles. The summed E-state index contributed by atoms with van der Waals surface area (Å²) in [5.74, 6) is 0.776. The van der Waals surface area contributed by atoms with Crippen LogP contribution in [0.3, 0.4) is 0 Å². The minimum absolute atomic E-state index is 0.295. The number of aromatic nitrogens is 2. The molecular formula is C16H12ClFN2O. The van der Waals surface area contributed by atoms with E-state index >= 15 is 0 Å². The van der Waals surface area contributed by atoms with Crippen molar-refractivity contribution in [3.63, 3.8) is 0 Å². The number of methoxy groups -OCH3 is 1. The smallest absolute Gasteiger partial charge is 0.160 e. The van der Waals surface area contributed by atoms with E-state index < -0.39 is 0 Å². The molecule has 5 heteroatoms. The van der Waals surface area contributed by atoms with Crippen LogP contribution in [0.25, 0.3) is 22.3 Å². The number of aryl methyl sites for hydroxylation is 1. The number of hydrogen-bond acceptors (Lipinski definition) is 3. The van der Waals surface area contributed by atoms with Gasteiger partial charge in [0.25, 0.3) is 0 Å². The first-order valence-corrected chi connectivity index (χ1v) is 6.74. The van der Waals surface area contributed by atoms with E-state index in [0.29, 0.717) is 22.1 Å². The monoisotopic (exact) mass is 302 g/mol. The predicted octanol–water partition coefficient (Wildman–Crippen LogP) is 4.41. The fourth-order valence-electron chi connectivity index (χ4n) is 2.18. The van der Waals surface area contributed by atoms with Gasteiger partial charge in [0, 0.05) is 16.6 Å². The third-order valence-corrected chi connectivity index (χ3v) is 3.65. The van der Waals surface area contributed by atoms with Crippen molar-refractivity contribution in [3.8, 4) is 17.1 Å². The van der Waals surface area contributed by atoms with Crippen molar-refractivity contribution in [1.29, 1.82) is 0 Å². The minimum atomic E-state index is -0.295. The average molecular weight is 303 g/mol. The van der Waals surface area contributed by atoms with Crippen molar-refractivity contribution in [2.45, 2.75) is 6.92 Å². The molecule has 1 aromatic heterocycles. The van der Waals surface area contributed by atoms with Gasteiger partial charge in [-0.25, -0.2) is 14.4 Å². The Balaban J connectivity index is 2.26. The Morgan fingerprint density at radius 3 is 2.43 bits per heavy atom. The number of hydrogen-bond donors (Lipinski definition) is 0. The first-order chi connectivity index (χ1) is 10.1. The number of benzene rings is 2. The van der Waals surface area contributed by atoms with Gasteiger partial charge in [-0.3, -0.25) is 0 Å². The summed E-state index contributed by atoms with van der Waals surface area (Å²) in [5.41, 5.74) is 2.17. The maximum atomic E-state index is 13.0. The van der Waals surface area contributed by atoms with Crippen LogP contribution in [0.4, 0.5) is 4.39 Å². The molecule has 0 aliphatic carbocycles. The highest BCUT2D eigenvalue weighted by Crippen LogP contribution is 2.33. The second-order valence-corrected chi connectivity index (χ2v) is 5.00. The van der Waals surface area contributed by atoms with Crippen molar-refractivity contribution >= 4 is 22.5 Å². The molecule has 0 radical (unpaired) electrons. The van der Waals surface area contributed by atoms with Crippen LogP contribution >= 0.6 is 11.6 Å². The maximum absolute atomic E-state index is 13.0. The summed E-state index contributed by atoms with van der Waals surface area (Å²) in [7, 11) is 1.56. The fraction of sp³-hybridized carbons (Fsp3) is 0.125. The van der Waals surface area contributed by atoms with Gasteiger partial charge >= 0.3 is 0 Å². The molecule has 21 heavy (non-hydrogen) atoms. The Labute approximate surface area is 126 Å². The van der Waals surface area contributed by atoms with Crippen molar-refractivity contribution in [2.75, 3.05) is 7.11 Å². The first-order valence-electron chi connectivity index (χ1n) is 6.37. The van der Waals surface area contributed by atoms with Gasteiger partial charge in [-0.1, -0.05) is 11.6 Å². The lowest BCUT2D eigenvalue weighted by molar-refractivity contribution is 0.415. The van der Waals surface area contributed by atoms with E-state index in [9.17, 15) is 4.39 Å². The molecule has 106 valence electrons. The molecule has 3 nitrogen and oxygen atoms in total. The van der Waals surface area contributed by atoms with E-state index in [1.54, 1.807) is 25.3 Å². The summed E-state index contributed by atoms with van der Waals surface area (Å²) in [6, 6.07) is 9.72. The largest absolute Gasteiger partial charge is 0.495 e. The normalized spacial score (nSPS) is 10.9. The van der Waals surface area contributed by atoms with E-state index in [2.05, 4.69) is 9.97 Å². The SMILES string of the molecule is COc1ccc2c(C)nc(-c3ccc(F)cc3)nc2c1Cl. The van der Waals surface area contributed by atoms with Gasteiger partial charge in [-0.05, 0) is 43.3 Å². The molecule has 2 aromatic carbocycles. The molecule has 3 rings (SSSR count). The number of halogens is 2. The van der Waals surface area contributed by atoms with Crippen molar-refractivity contribution in [3.05, 3.63) is 52.9 Å². The number of ether oxygens (including phenoxy) is 1. The molecule has 0 saturated carbocycles. The molecule has 0 atom stereocenters. The van der Waals surface area contributed by atoms with Gasteiger partial charge in [0.15, 0.2) is 5.82 Å². The maximum Gasteiger partial charge on any atom is 0.160 e. The zero-order valence-corrected chi connectivity index (χ0v) is 12.3. The fourth-order valence-corrected chi connectivity index (χ4v) is 2.47. The van der Waals surface area contributed by atoms with Crippen molar-refractivity contribution in [2.24, 2.45) is 0 Å². The van der Waals surface area contributed by atoms with Gasteiger partial charge in [0.05, 0.1) is 12.6 Å². The Morgan fingerprint density at radius 1 is 1.05 bits per heavy atom. The van der Waals surface area contributed by atoms with E-state index in [1.165, 1.54) is 12.1 Å². The zero-order chi connectivity index (χ0) is 15.0. The Morgan fingerprint density at radius 2 is 1.76 bits per heavy atom. The van der Waals surface area contributed by atoms with Crippen LogP contribution in [0.5, 0.6) is 5.75 Å². The molecule has 0 spiro atoms. The highest BCUT2D eigenvalue weighted by molar-refractivity contribution is 6.36. The topological polar surface area (TPSA) is 35.0 Å². The van der Waals surface area contributed by atoms with Gasteiger partial charge in [0.2, 0.25) is 0 Å².